The van der Waals surface area contributed by atoms with Crippen LogP contribution in [0.3, 0.4) is 0 Å². The van der Waals surface area contributed by atoms with Crippen LogP contribution in [0.5, 0.6) is 11.5 Å². The molecule has 0 bridgehead atoms. The molecule has 25 heavy (non-hydrogen) atoms. The fourth-order valence-electron chi connectivity index (χ4n) is 2.14. The van der Waals surface area contributed by atoms with Crippen LogP contribution in [0.1, 0.15) is 43.6 Å². The monoisotopic (exact) mass is 362 g/mol. The molecule has 0 saturated carbocycles. The van der Waals surface area contributed by atoms with Gasteiger partial charge in [0.1, 0.15) is 23.7 Å². The minimum absolute atomic E-state index is 0.0496. The molecule has 134 valence electrons. The van der Waals surface area contributed by atoms with E-state index in [1.165, 1.54) is 0 Å². The summed E-state index contributed by atoms with van der Waals surface area (Å²) < 4.78 is 16.8. The van der Waals surface area contributed by atoms with Crippen LogP contribution in [-0.2, 0) is 11.3 Å². The van der Waals surface area contributed by atoms with Gasteiger partial charge in [-0.05, 0) is 63.6 Å². The van der Waals surface area contributed by atoms with Crippen LogP contribution in [0, 0.1) is 0 Å². The van der Waals surface area contributed by atoms with E-state index >= 15 is 0 Å². The Balaban J connectivity index is 2.18. The molecule has 4 nitrogen and oxygen atoms in total. The normalized spacial score (nSPS) is 10.8. The lowest BCUT2D eigenvalue weighted by Crippen LogP contribution is -2.15. The Kier molecular flexibility index (Phi) is 6.71. The molecule has 5 heteroatoms. The molecule has 0 aliphatic heterocycles. The molecule has 0 saturated heterocycles. The molecular formula is C20H23ClO4. The van der Waals surface area contributed by atoms with Crippen LogP contribution >= 0.6 is 11.6 Å². The van der Waals surface area contributed by atoms with Gasteiger partial charge in [-0.25, -0.2) is 4.79 Å². The lowest BCUT2D eigenvalue weighted by Gasteiger charge is -2.16. The van der Waals surface area contributed by atoms with E-state index in [0.717, 1.165) is 5.56 Å². The van der Waals surface area contributed by atoms with E-state index in [2.05, 4.69) is 0 Å². The summed E-state index contributed by atoms with van der Waals surface area (Å²) in [5, 5.41) is 0.678. The van der Waals surface area contributed by atoms with Crippen molar-refractivity contribution in [1.82, 2.24) is 0 Å². The fraction of sp³-hybridized carbons (Fsp3) is 0.350. The standard InChI is InChI=1S/C20H23ClO4/c1-13(2)24-19-10-9-17(11-18(19)20(22)25-14(3)4)23-12-15-5-7-16(21)8-6-15/h5-11,13-14H,12H2,1-4H3. The summed E-state index contributed by atoms with van der Waals surface area (Å²) in [4.78, 5) is 12.3. The zero-order valence-electron chi connectivity index (χ0n) is 14.9. The molecule has 0 atom stereocenters. The van der Waals surface area contributed by atoms with E-state index in [-0.39, 0.29) is 12.2 Å². The quantitative estimate of drug-likeness (QED) is 0.629. The van der Waals surface area contributed by atoms with Crippen LogP contribution in [0.4, 0.5) is 0 Å². The zero-order valence-corrected chi connectivity index (χ0v) is 15.7. The number of hydrogen-bond acceptors (Lipinski definition) is 4. The van der Waals surface area contributed by atoms with Gasteiger partial charge in [-0.3, -0.25) is 0 Å². The van der Waals surface area contributed by atoms with Crippen molar-refractivity contribution in [2.24, 2.45) is 0 Å². The molecule has 0 aliphatic rings. The molecule has 2 rings (SSSR count). The average Bonchev–Trinajstić information content (AvgIpc) is 2.54. The topological polar surface area (TPSA) is 44.8 Å². The maximum absolute atomic E-state index is 12.3. The van der Waals surface area contributed by atoms with Crippen LogP contribution < -0.4 is 9.47 Å². The lowest BCUT2D eigenvalue weighted by atomic mass is 10.2. The number of benzene rings is 2. The summed E-state index contributed by atoms with van der Waals surface area (Å²) in [5.74, 6) is 0.629. The highest BCUT2D eigenvalue weighted by molar-refractivity contribution is 6.30. The highest BCUT2D eigenvalue weighted by atomic mass is 35.5. The number of carbonyl (C=O) groups excluding carboxylic acids is 1. The highest BCUT2D eigenvalue weighted by Gasteiger charge is 2.18. The smallest absolute Gasteiger partial charge is 0.342 e. The van der Waals surface area contributed by atoms with Gasteiger partial charge in [-0.15, -0.1) is 0 Å². The molecule has 0 fully saturated rings. The Morgan fingerprint density at radius 3 is 2.28 bits per heavy atom. The lowest BCUT2D eigenvalue weighted by molar-refractivity contribution is 0.0371. The van der Waals surface area contributed by atoms with Crippen molar-refractivity contribution in [3.63, 3.8) is 0 Å². The Bertz CT molecular complexity index is 708. The van der Waals surface area contributed by atoms with E-state index in [1.807, 2.05) is 52.0 Å². The van der Waals surface area contributed by atoms with Gasteiger partial charge in [0.2, 0.25) is 0 Å². The third kappa shape index (κ3) is 5.98. The number of carbonyl (C=O) groups is 1. The second-order valence-corrected chi connectivity index (χ2v) is 6.63. The molecule has 0 aromatic heterocycles. The molecule has 0 unspecified atom stereocenters. The average molecular weight is 363 g/mol. The summed E-state index contributed by atoms with van der Waals surface area (Å²) in [7, 11) is 0. The number of halogens is 1. The molecule has 0 N–H and O–H groups in total. The van der Waals surface area contributed by atoms with Crippen LogP contribution in [0.2, 0.25) is 5.02 Å². The van der Waals surface area contributed by atoms with E-state index in [1.54, 1.807) is 18.2 Å². The molecule has 0 spiro atoms. The molecule has 2 aromatic rings. The Labute approximate surface area is 153 Å². The van der Waals surface area contributed by atoms with E-state index in [0.29, 0.717) is 28.7 Å². The maximum Gasteiger partial charge on any atom is 0.342 e. The molecule has 0 aliphatic carbocycles. The molecule has 2 aromatic carbocycles. The van der Waals surface area contributed by atoms with E-state index in [4.69, 9.17) is 25.8 Å². The van der Waals surface area contributed by atoms with Crippen molar-refractivity contribution in [2.75, 3.05) is 0 Å². The molecule has 0 heterocycles. The van der Waals surface area contributed by atoms with Gasteiger partial charge in [0.05, 0.1) is 12.2 Å². The van der Waals surface area contributed by atoms with Gasteiger partial charge < -0.3 is 14.2 Å². The van der Waals surface area contributed by atoms with Crippen molar-refractivity contribution in [1.29, 1.82) is 0 Å². The SMILES string of the molecule is CC(C)OC(=O)c1cc(OCc2ccc(Cl)cc2)ccc1OC(C)C. The third-order valence-electron chi connectivity index (χ3n) is 3.20. The first kappa shape index (κ1) is 19.1. The third-order valence-corrected chi connectivity index (χ3v) is 3.45. The summed E-state index contributed by atoms with van der Waals surface area (Å²) in [6, 6.07) is 12.6. The first-order valence-corrected chi connectivity index (χ1v) is 8.62. The molecule has 0 radical (unpaired) electrons. The minimum atomic E-state index is -0.428. The van der Waals surface area contributed by atoms with Crippen molar-refractivity contribution in [2.45, 2.75) is 46.5 Å². The van der Waals surface area contributed by atoms with Gasteiger partial charge >= 0.3 is 5.97 Å². The first-order valence-electron chi connectivity index (χ1n) is 8.24. The van der Waals surface area contributed by atoms with E-state index in [9.17, 15) is 4.79 Å². The van der Waals surface area contributed by atoms with Crippen molar-refractivity contribution < 1.29 is 19.0 Å². The van der Waals surface area contributed by atoms with Gasteiger partial charge in [-0.2, -0.15) is 0 Å². The second-order valence-electron chi connectivity index (χ2n) is 6.19. The largest absolute Gasteiger partial charge is 0.490 e. The van der Waals surface area contributed by atoms with Crippen LogP contribution in [0.15, 0.2) is 42.5 Å². The number of esters is 1. The Morgan fingerprint density at radius 1 is 1.00 bits per heavy atom. The van der Waals surface area contributed by atoms with Gasteiger partial charge in [0, 0.05) is 5.02 Å². The highest BCUT2D eigenvalue weighted by Crippen LogP contribution is 2.27. The minimum Gasteiger partial charge on any atom is -0.490 e. The van der Waals surface area contributed by atoms with Crippen molar-refractivity contribution in [3.8, 4) is 11.5 Å². The van der Waals surface area contributed by atoms with Crippen molar-refractivity contribution in [3.05, 3.63) is 58.6 Å². The van der Waals surface area contributed by atoms with Crippen LogP contribution in [0.25, 0.3) is 0 Å². The van der Waals surface area contributed by atoms with Crippen LogP contribution in [-0.4, -0.2) is 18.2 Å². The predicted octanol–water partition coefficient (Wildman–Crippen LogP) is 5.27. The van der Waals surface area contributed by atoms with Gasteiger partial charge in [0.15, 0.2) is 0 Å². The summed E-state index contributed by atoms with van der Waals surface area (Å²) >= 11 is 5.88. The van der Waals surface area contributed by atoms with E-state index < -0.39 is 5.97 Å². The number of hydrogen-bond donors (Lipinski definition) is 0. The summed E-state index contributed by atoms with van der Waals surface area (Å²) in [6.07, 6.45) is -0.260. The zero-order chi connectivity index (χ0) is 18.4. The predicted molar refractivity (Wildman–Crippen MR) is 98.5 cm³/mol. The summed E-state index contributed by atoms with van der Waals surface area (Å²) in [6.45, 7) is 7.80. The maximum atomic E-state index is 12.3. The second kappa shape index (κ2) is 8.77. The Morgan fingerprint density at radius 2 is 1.68 bits per heavy atom. The first-order chi connectivity index (χ1) is 11.8. The van der Waals surface area contributed by atoms with Gasteiger partial charge in [0.25, 0.3) is 0 Å². The number of rotatable bonds is 7. The Hall–Kier alpha value is -2.20. The molecule has 0 amide bonds. The fourth-order valence-corrected chi connectivity index (χ4v) is 2.27. The summed E-state index contributed by atoms with van der Waals surface area (Å²) in [5.41, 5.74) is 1.34. The van der Waals surface area contributed by atoms with Gasteiger partial charge in [-0.1, -0.05) is 23.7 Å². The van der Waals surface area contributed by atoms with Crippen molar-refractivity contribution >= 4 is 17.6 Å². The molecular weight excluding hydrogens is 340 g/mol. The number of ether oxygens (including phenoxy) is 3.